The molecule has 10 nitrogen and oxygen atoms in total. The summed E-state index contributed by atoms with van der Waals surface area (Å²) in [6, 6.07) is 7.66. The number of hydrogen-bond acceptors (Lipinski definition) is 8. The smallest absolute Gasteiger partial charge is 0.324 e. The van der Waals surface area contributed by atoms with Gasteiger partial charge in [0.2, 0.25) is 17.2 Å². The minimum absolute atomic E-state index is 0.0693. The van der Waals surface area contributed by atoms with Crippen molar-refractivity contribution in [1.29, 1.82) is 0 Å². The van der Waals surface area contributed by atoms with Gasteiger partial charge in [-0.05, 0) is 30.7 Å². The van der Waals surface area contributed by atoms with Crippen LogP contribution in [0.3, 0.4) is 0 Å². The molecule has 2 atom stereocenters. The van der Waals surface area contributed by atoms with E-state index in [4.69, 9.17) is 25.8 Å². The summed E-state index contributed by atoms with van der Waals surface area (Å²) in [5, 5.41) is 5.87. The molecule has 0 bridgehead atoms. The highest BCUT2D eigenvalue weighted by Crippen LogP contribution is 2.53. The zero-order valence-electron chi connectivity index (χ0n) is 20.3. The monoisotopic (exact) mass is 525 g/mol. The first-order chi connectivity index (χ1) is 17.7. The van der Waals surface area contributed by atoms with E-state index in [9.17, 15) is 19.2 Å². The van der Waals surface area contributed by atoms with Crippen molar-refractivity contribution in [3.63, 3.8) is 0 Å². The number of urea groups is 1. The zero-order valence-corrected chi connectivity index (χ0v) is 21.1. The number of methoxy groups -OCH3 is 2. The lowest BCUT2D eigenvalue weighted by molar-refractivity contribution is -0.129. The average molecular weight is 526 g/mol. The van der Waals surface area contributed by atoms with E-state index >= 15 is 0 Å². The number of Topliss-reactive ketones (excluding diaryl/α,β-unsaturated/α-hetero) is 1. The SMILES string of the molecule is COc1cc(OC)c2c(c1Cl)OC1(C(=O)C=C(Nc3ccc(C(=O)N4CCNC4=O)cc3)CC1C)C2=O. The number of imide groups is 1. The van der Waals surface area contributed by atoms with E-state index in [1.54, 1.807) is 31.2 Å². The number of ether oxygens (including phenoxy) is 3. The average Bonchev–Trinajstić information content (AvgIpc) is 3.45. The maximum atomic E-state index is 13.6. The van der Waals surface area contributed by atoms with Crippen LogP contribution in [0, 0.1) is 5.92 Å². The molecule has 0 saturated carbocycles. The van der Waals surface area contributed by atoms with E-state index in [-0.39, 0.29) is 33.7 Å². The summed E-state index contributed by atoms with van der Waals surface area (Å²) < 4.78 is 16.7. The minimum atomic E-state index is -1.76. The van der Waals surface area contributed by atoms with Crippen molar-refractivity contribution in [1.82, 2.24) is 10.2 Å². The van der Waals surface area contributed by atoms with E-state index in [0.29, 0.717) is 36.5 Å². The summed E-state index contributed by atoms with van der Waals surface area (Å²) >= 11 is 6.42. The van der Waals surface area contributed by atoms with Gasteiger partial charge in [0.15, 0.2) is 5.75 Å². The number of halogens is 1. The lowest BCUT2D eigenvalue weighted by atomic mass is 9.74. The van der Waals surface area contributed by atoms with Gasteiger partial charge in [0.25, 0.3) is 5.91 Å². The molecular formula is C26H24ClN3O7. The minimum Gasteiger partial charge on any atom is -0.496 e. The lowest BCUT2D eigenvalue weighted by Gasteiger charge is -2.35. The molecule has 1 fully saturated rings. The third kappa shape index (κ3) is 3.79. The van der Waals surface area contributed by atoms with Crippen LogP contribution < -0.4 is 24.8 Å². The maximum absolute atomic E-state index is 13.6. The largest absolute Gasteiger partial charge is 0.496 e. The van der Waals surface area contributed by atoms with Crippen molar-refractivity contribution in [2.75, 3.05) is 32.6 Å². The predicted octanol–water partition coefficient (Wildman–Crippen LogP) is 3.44. The van der Waals surface area contributed by atoms with Gasteiger partial charge in [-0.2, -0.15) is 0 Å². The third-order valence-electron chi connectivity index (χ3n) is 6.85. The molecule has 1 spiro atoms. The van der Waals surface area contributed by atoms with Gasteiger partial charge in [-0.15, -0.1) is 0 Å². The topological polar surface area (TPSA) is 123 Å². The van der Waals surface area contributed by atoms with E-state index in [2.05, 4.69) is 10.6 Å². The first-order valence-corrected chi connectivity index (χ1v) is 12.0. The van der Waals surface area contributed by atoms with Crippen molar-refractivity contribution in [2.24, 2.45) is 5.92 Å². The molecule has 192 valence electrons. The quantitative estimate of drug-likeness (QED) is 0.569. The normalized spacial score (nSPS) is 22.4. The van der Waals surface area contributed by atoms with Gasteiger partial charge in [-0.25, -0.2) is 4.79 Å². The molecular weight excluding hydrogens is 502 g/mol. The number of ketones is 2. The number of benzene rings is 2. The van der Waals surface area contributed by atoms with Crippen molar-refractivity contribution in [2.45, 2.75) is 18.9 Å². The number of allylic oxidation sites excluding steroid dienone is 1. The molecule has 2 aliphatic heterocycles. The second kappa shape index (κ2) is 9.11. The van der Waals surface area contributed by atoms with E-state index < -0.39 is 29.1 Å². The Morgan fingerprint density at radius 2 is 1.86 bits per heavy atom. The highest BCUT2D eigenvalue weighted by Gasteiger charge is 2.60. The standard InChI is InChI=1S/C26H24ClN3O7/c1-13-10-16(29-15-6-4-14(5-7-15)24(33)30-9-8-28-25(30)34)11-19(31)26(13)23(32)20-17(35-2)12-18(36-3)21(27)22(20)37-26/h4-7,11-13,29H,8-10H2,1-3H3,(H,28,34). The summed E-state index contributed by atoms with van der Waals surface area (Å²) in [4.78, 5) is 52.5. The van der Waals surface area contributed by atoms with Crippen LogP contribution in [-0.2, 0) is 4.79 Å². The van der Waals surface area contributed by atoms with Crippen LogP contribution in [0.1, 0.15) is 34.1 Å². The molecule has 3 aliphatic rings. The predicted molar refractivity (Wildman–Crippen MR) is 134 cm³/mol. The van der Waals surface area contributed by atoms with Crippen LogP contribution in [0.5, 0.6) is 17.2 Å². The second-order valence-electron chi connectivity index (χ2n) is 9.00. The maximum Gasteiger partial charge on any atom is 0.324 e. The number of nitrogens with zero attached hydrogens (tertiary/aromatic N) is 1. The summed E-state index contributed by atoms with van der Waals surface area (Å²) in [7, 11) is 2.84. The molecule has 1 saturated heterocycles. The molecule has 2 aromatic carbocycles. The highest BCUT2D eigenvalue weighted by atomic mass is 35.5. The fraction of sp³-hybridized carbons (Fsp3) is 0.308. The Balaban J connectivity index is 1.38. The Morgan fingerprint density at radius 1 is 1.16 bits per heavy atom. The highest BCUT2D eigenvalue weighted by molar-refractivity contribution is 6.36. The van der Waals surface area contributed by atoms with Crippen LogP contribution in [0.25, 0.3) is 0 Å². The fourth-order valence-electron chi connectivity index (χ4n) is 4.92. The number of carbonyl (C=O) groups is 4. The van der Waals surface area contributed by atoms with Crippen LogP contribution in [0.4, 0.5) is 10.5 Å². The number of hydrogen-bond donors (Lipinski definition) is 2. The van der Waals surface area contributed by atoms with Crippen molar-refractivity contribution in [3.05, 3.63) is 58.3 Å². The van der Waals surface area contributed by atoms with Gasteiger partial charge in [0, 0.05) is 48.1 Å². The van der Waals surface area contributed by atoms with Gasteiger partial charge in [-0.3, -0.25) is 19.3 Å². The van der Waals surface area contributed by atoms with Gasteiger partial charge in [0.1, 0.15) is 22.1 Å². The van der Waals surface area contributed by atoms with Gasteiger partial charge >= 0.3 is 6.03 Å². The fourth-order valence-corrected chi connectivity index (χ4v) is 5.18. The Labute approximate surface area is 217 Å². The van der Waals surface area contributed by atoms with Crippen molar-refractivity contribution >= 4 is 40.8 Å². The first-order valence-electron chi connectivity index (χ1n) is 11.6. The number of fused-ring (bicyclic) bond motifs is 1. The Kier molecular flexibility index (Phi) is 6.07. The van der Waals surface area contributed by atoms with E-state index in [1.807, 2.05) is 0 Å². The molecule has 5 rings (SSSR count). The summed E-state index contributed by atoms with van der Waals surface area (Å²) in [6.07, 6.45) is 1.69. The molecule has 2 heterocycles. The molecule has 11 heteroatoms. The molecule has 0 aromatic heterocycles. The molecule has 0 radical (unpaired) electrons. The molecule has 37 heavy (non-hydrogen) atoms. The number of amides is 3. The summed E-state index contributed by atoms with van der Waals surface area (Å²) in [5.74, 6) is -1.39. The van der Waals surface area contributed by atoms with Crippen molar-refractivity contribution in [3.8, 4) is 17.2 Å². The first kappa shape index (κ1) is 24.6. The third-order valence-corrected chi connectivity index (χ3v) is 7.21. The Bertz CT molecular complexity index is 1370. The van der Waals surface area contributed by atoms with Crippen LogP contribution in [-0.4, -0.2) is 61.3 Å². The Hall–Kier alpha value is -4.05. The molecule has 1 aliphatic carbocycles. The van der Waals surface area contributed by atoms with E-state index in [0.717, 1.165) is 4.90 Å². The van der Waals surface area contributed by atoms with E-state index in [1.165, 1.54) is 26.4 Å². The van der Waals surface area contributed by atoms with Crippen LogP contribution >= 0.6 is 11.6 Å². The summed E-state index contributed by atoms with van der Waals surface area (Å²) in [5.41, 5.74) is -0.0494. The van der Waals surface area contributed by atoms with Gasteiger partial charge in [0.05, 0.1) is 14.2 Å². The zero-order chi connectivity index (χ0) is 26.5. The number of carbonyl (C=O) groups excluding carboxylic acids is 4. The number of rotatable bonds is 5. The molecule has 3 amide bonds. The molecule has 2 aromatic rings. The van der Waals surface area contributed by atoms with Crippen LogP contribution in [0.2, 0.25) is 5.02 Å². The molecule has 2 unspecified atom stereocenters. The summed E-state index contributed by atoms with van der Waals surface area (Å²) in [6.45, 7) is 2.51. The van der Waals surface area contributed by atoms with Gasteiger partial charge in [-0.1, -0.05) is 18.5 Å². The Morgan fingerprint density at radius 3 is 2.46 bits per heavy atom. The van der Waals surface area contributed by atoms with Gasteiger partial charge < -0.3 is 24.8 Å². The number of anilines is 1. The van der Waals surface area contributed by atoms with Crippen molar-refractivity contribution < 1.29 is 33.4 Å². The van der Waals surface area contributed by atoms with Crippen LogP contribution in [0.15, 0.2) is 42.1 Å². The number of nitrogens with one attached hydrogen (secondary N) is 2. The second-order valence-corrected chi connectivity index (χ2v) is 9.37. The molecule has 2 N–H and O–H groups in total. The lowest BCUT2D eigenvalue weighted by Crippen LogP contribution is -2.55.